The molecule has 0 saturated heterocycles. The van der Waals surface area contributed by atoms with Crippen LogP contribution in [0.3, 0.4) is 0 Å². The quantitative estimate of drug-likeness (QED) is 0.655. The van der Waals surface area contributed by atoms with Gasteiger partial charge in [0.2, 0.25) is 0 Å². The summed E-state index contributed by atoms with van der Waals surface area (Å²) in [5.41, 5.74) is 0. The van der Waals surface area contributed by atoms with E-state index in [1.54, 1.807) is 12.3 Å². The number of rotatable bonds is 3. The third kappa shape index (κ3) is 2.84. The molecule has 0 radical (unpaired) electrons. The van der Waals surface area contributed by atoms with E-state index < -0.39 is 5.97 Å². The summed E-state index contributed by atoms with van der Waals surface area (Å²) in [6.07, 6.45) is 5.00. The van der Waals surface area contributed by atoms with E-state index in [2.05, 4.69) is 4.99 Å². The average molecular weight is 155 g/mol. The molecule has 1 aliphatic rings. The Kier molecular flexibility index (Phi) is 2.66. The number of aliphatic imine (C=N–C) groups is 1. The molecule has 0 aromatic carbocycles. The van der Waals surface area contributed by atoms with Gasteiger partial charge >= 0.3 is 5.97 Å². The second-order valence-corrected chi connectivity index (χ2v) is 2.15. The molecule has 0 spiro atoms. The van der Waals surface area contributed by atoms with Gasteiger partial charge in [0.15, 0.2) is 6.23 Å². The number of nitrogens with zero attached hydrogens (tertiary/aromatic N) is 1. The molecule has 60 valence electrons. The van der Waals surface area contributed by atoms with Crippen LogP contribution in [-0.2, 0) is 9.53 Å². The highest BCUT2D eigenvalue weighted by molar-refractivity contribution is 5.71. The van der Waals surface area contributed by atoms with Gasteiger partial charge in [-0.05, 0) is 6.08 Å². The van der Waals surface area contributed by atoms with Crippen molar-refractivity contribution in [2.24, 2.45) is 4.99 Å². The lowest BCUT2D eigenvalue weighted by Crippen LogP contribution is -2.11. The maximum atomic E-state index is 10.1. The Bertz CT molecular complexity index is 198. The third-order valence-corrected chi connectivity index (χ3v) is 1.26. The van der Waals surface area contributed by atoms with Crippen molar-refractivity contribution in [2.75, 3.05) is 0 Å². The van der Waals surface area contributed by atoms with Crippen molar-refractivity contribution in [1.82, 2.24) is 0 Å². The molecular formula is C7H9NO3. The van der Waals surface area contributed by atoms with E-state index >= 15 is 0 Å². The van der Waals surface area contributed by atoms with Crippen LogP contribution >= 0.6 is 0 Å². The highest BCUT2D eigenvalue weighted by atomic mass is 16.5. The first-order chi connectivity index (χ1) is 5.29. The Morgan fingerprint density at radius 1 is 1.73 bits per heavy atom. The fourth-order valence-electron chi connectivity index (χ4n) is 0.742. The summed E-state index contributed by atoms with van der Waals surface area (Å²) in [7, 11) is 0. The molecule has 0 amide bonds. The fourth-order valence-corrected chi connectivity index (χ4v) is 0.742. The van der Waals surface area contributed by atoms with E-state index in [9.17, 15) is 4.79 Å². The van der Waals surface area contributed by atoms with E-state index in [-0.39, 0.29) is 12.6 Å². The molecule has 0 bridgehead atoms. The summed E-state index contributed by atoms with van der Waals surface area (Å²) < 4.78 is 4.99. The number of carbonyl (C=O) groups is 1. The number of ether oxygens (including phenoxy) is 1. The van der Waals surface area contributed by atoms with Gasteiger partial charge in [0.25, 0.3) is 0 Å². The molecule has 1 aliphatic heterocycles. The SMILES string of the molecule is O=C(O)CCC1N=CC=CO1. The maximum Gasteiger partial charge on any atom is 0.303 e. The molecule has 1 unspecified atom stereocenters. The van der Waals surface area contributed by atoms with Crippen molar-refractivity contribution in [3.05, 3.63) is 12.3 Å². The molecule has 11 heavy (non-hydrogen) atoms. The molecule has 1 rings (SSSR count). The first-order valence-corrected chi connectivity index (χ1v) is 3.34. The van der Waals surface area contributed by atoms with Gasteiger partial charge in [0.05, 0.1) is 12.7 Å². The summed E-state index contributed by atoms with van der Waals surface area (Å²) in [6.45, 7) is 0. The Labute approximate surface area is 64.2 Å². The van der Waals surface area contributed by atoms with Gasteiger partial charge in [0.1, 0.15) is 0 Å². The summed E-state index contributed by atoms with van der Waals surface area (Å²) in [4.78, 5) is 14.0. The molecule has 0 aromatic rings. The smallest absolute Gasteiger partial charge is 0.303 e. The number of hydrogen-bond donors (Lipinski definition) is 1. The summed E-state index contributed by atoms with van der Waals surface area (Å²) in [5.74, 6) is -0.821. The van der Waals surface area contributed by atoms with Crippen LogP contribution in [-0.4, -0.2) is 23.5 Å². The molecule has 0 fully saturated rings. The number of carboxylic acid groups (broad SMARTS) is 1. The third-order valence-electron chi connectivity index (χ3n) is 1.26. The zero-order valence-electron chi connectivity index (χ0n) is 5.93. The normalized spacial score (nSPS) is 21.3. The lowest BCUT2D eigenvalue weighted by Gasteiger charge is -2.12. The Morgan fingerprint density at radius 3 is 3.09 bits per heavy atom. The number of hydrogen-bond acceptors (Lipinski definition) is 3. The van der Waals surface area contributed by atoms with E-state index in [4.69, 9.17) is 9.84 Å². The highest BCUT2D eigenvalue weighted by Crippen LogP contribution is 2.06. The molecule has 1 N–H and O–H groups in total. The predicted octanol–water partition coefficient (Wildman–Crippen LogP) is 0.792. The minimum Gasteiger partial charge on any atom is -0.481 e. The van der Waals surface area contributed by atoms with Gasteiger partial charge in [-0.1, -0.05) is 0 Å². The molecule has 0 saturated carbocycles. The van der Waals surface area contributed by atoms with Crippen LogP contribution < -0.4 is 0 Å². The maximum absolute atomic E-state index is 10.1. The number of carboxylic acids is 1. The van der Waals surface area contributed by atoms with Gasteiger partial charge in [-0.2, -0.15) is 0 Å². The number of allylic oxidation sites excluding steroid dienone is 1. The Morgan fingerprint density at radius 2 is 2.55 bits per heavy atom. The monoisotopic (exact) mass is 155 g/mol. The van der Waals surface area contributed by atoms with E-state index in [0.717, 1.165) is 0 Å². The second kappa shape index (κ2) is 3.75. The minimum absolute atomic E-state index is 0.0931. The van der Waals surface area contributed by atoms with Crippen molar-refractivity contribution >= 4 is 12.2 Å². The summed E-state index contributed by atoms with van der Waals surface area (Å²) in [6, 6.07) is 0. The van der Waals surface area contributed by atoms with Crippen LogP contribution in [0.4, 0.5) is 0 Å². The van der Waals surface area contributed by atoms with Crippen molar-refractivity contribution in [3.8, 4) is 0 Å². The van der Waals surface area contributed by atoms with E-state index in [1.165, 1.54) is 6.26 Å². The zero-order valence-corrected chi connectivity index (χ0v) is 5.93. The van der Waals surface area contributed by atoms with Gasteiger partial charge in [-0.25, -0.2) is 0 Å². The molecule has 1 atom stereocenters. The molecule has 1 heterocycles. The molecule has 4 heteroatoms. The molecule has 4 nitrogen and oxygen atoms in total. The Balaban J connectivity index is 2.22. The van der Waals surface area contributed by atoms with Crippen LogP contribution in [0.15, 0.2) is 17.3 Å². The standard InChI is InChI=1S/C7H9NO3/c9-7(10)3-2-6-8-4-1-5-11-6/h1,4-6H,2-3H2,(H,9,10). The van der Waals surface area contributed by atoms with Crippen molar-refractivity contribution in [2.45, 2.75) is 19.1 Å². The van der Waals surface area contributed by atoms with Gasteiger partial charge in [0, 0.05) is 12.6 Å². The largest absolute Gasteiger partial charge is 0.481 e. The highest BCUT2D eigenvalue weighted by Gasteiger charge is 2.08. The first-order valence-electron chi connectivity index (χ1n) is 3.34. The number of aliphatic carboxylic acids is 1. The minimum atomic E-state index is -0.821. The molecule has 0 aromatic heterocycles. The van der Waals surface area contributed by atoms with Crippen molar-refractivity contribution < 1.29 is 14.6 Å². The summed E-state index contributed by atoms with van der Waals surface area (Å²) in [5, 5.41) is 8.32. The van der Waals surface area contributed by atoms with E-state index in [0.29, 0.717) is 6.42 Å². The van der Waals surface area contributed by atoms with Gasteiger partial charge < -0.3 is 9.84 Å². The zero-order chi connectivity index (χ0) is 8.10. The van der Waals surface area contributed by atoms with E-state index in [1.807, 2.05) is 0 Å². The predicted molar refractivity (Wildman–Crippen MR) is 39.4 cm³/mol. The molecular weight excluding hydrogens is 146 g/mol. The lowest BCUT2D eigenvalue weighted by atomic mass is 10.3. The average Bonchev–Trinajstić information content (AvgIpc) is 2.03. The molecule has 0 aliphatic carbocycles. The van der Waals surface area contributed by atoms with Crippen LogP contribution in [0.25, 0.3) is 0 Å². The first kappa shape index (κ1) is 7.78. The van der Waals surface area contributed by atoms with Crippen LogP contribution in [0.2, 0.25) is 0 Å². The van der Waals surface area contributed by atoms with Crippen molar-refractivity contribution in [3.63, 3.8) is 0 Å². The van der Waals surface area contributed by atoms with Crippen LogP contribution in [0, 0.1) is 0 Å². The van der Waals surface area contributed by atoms with Crippen LogP contribution in [0.1, 0.15) is 12.8 Å². The van der Waals surface area contributed by atoms with Crippen LogP contribution in [0.5, 0.6) is 0 Å². The second-order valence-electron chi connectivity index (χ2n) is 2.15. The fraction of sp³-hybridized carbons (Fsp3) is 0.429. The topological polar surface area (TPSA) is 58.9 Å². The summed E-state index contributed by atoms with van der Waals surface area (Å²) >= 11 is 0. The van der Waals surface area contributed by atoms with Gasteiger partial charge in [-0.15, -0.1) is 0 Å². The lowest BCUT2D eigenvalue weighted by molar-refractivity contribution is -0.137. The Hall–Kier alpha value is -1.32. The van der Waals surface area contributed by atoms with Crippen molar-refractivity contribution in [1.29, 1.82) is 0 Å². The van der Waals surface area contributed by atoms with Gasteiger partial charge in [-0.3, -0.25) is 9.79 Å².